The van der Waals surface area contributed by atoms with Gasteiger partial charge >= 0.3 is 0 Å². The molecular formula is C10H15N7. The van der Waals surface area contributed by atoms with Gasteiger partial charge in [-0.1, -0.05) is 0 Å². The molecule has 0 saturated carbocycles. The van der Waals surface area contributed by atoms with Crippen LogP contribution in [-0.2, 0) is 0 Å². The van der Waals surface area contributed by atoms with Crippen LogP contribution < -0.4 is 16.2 Å². The summed E-state index contributed by atoms with van der Waals surface area (Å²) in [6.45, 7) is 2.05. The number of nitrogen functional groups attached to an aromatic ring is 1. The maximum absolute atomic E-state index is 5.38. The zero-order valence-electron chi connectivity index (χ0n) is 9.48. The fraction of sp³-hybridized carbons (Fsp3) is 0.500. The third-order valence-corrected chi connectivity index (χ3v) is 3.05. The fourth-order valence-electron chi connectivity index (χ4n) is 2.22. The van der Waals surface area contributed by atoms with Crippen LogP contribution in [0.15, 0.2) is 6.33 Å². The predicted octanol–water partition coefficient (Wildman–Crippen LogP) is 0.629. The largest absolute Gasteiger partial charge is 0.355 e. The van der Waals surface area contributed by atoms with Crippen LogP contribution in [0.25, 0.3) is 11.2 Å². The zero-order chi connectivity index (χ0) is 11.7. The number of piperidine rings is 1. The number of aromatic nitrogens is 4. The number of imidazole rings is 1. The van der Waals surface area contributed by atoms with Gasteiger partial charge in [-0.2, -0.15) is 9.97 Å². The van der Waals surface area contributed by atoms with E-state index in [9.17, 15) is 0 Å². The van der Waals surface area contributed by atoms with Crippen molar-refractivity contribution in [1.29, 1.82) is 0 Å². The van der Waals surface area contributed by atoms with Crippen molar-refractivity contribution in [3.05, 3.63) is 6.33 Å². The molecular weight excluding hydrogens is 218 g/mol. The van der Waals surface area contributed by atoms with Crippen molar-refractivity contribution >= 4 is 22.9 Å². The molecule has 17 heavy (non-hydrogen) atoms. The minimum absolute atomic E-state index is 0.408. The molecule has 0 amide bonds. The van der Waals surface area contributed by atoms with Gasteiger partial charge in [-0.15, -0.1) is 0 Å². The molecule has 0 radical (unpaired) electrons. The Hall–Kier alpha value is -1.89. The van der Waals surface area contributed by atoms with Crippen LogP contribution in [-0.4, -0.2) is 33.0 Å². The highest BCUT2D eigenvalue weighted by atomic mass is 15.3. The first-order valence-electron chi connectivity index (χ1n) is 5.81. The quantitative estimate of drug-likeness (QED) is 0.520. The van der Waals surface area contributed by atoms with E-state index >= 15 is 0 Å². The fourth-order valence-corrected chi connectivity index (χ4v) is 2.22. The Morgan fingerprint density at radius 2 is 2.06 bits per heavy atom. The average molecular weight is 233 g/mol. The summed E-state index contributed by atoms with van der Waals surface area (Å²) in [5.41, 5.74) is 4.01. The van der Waals surface area contributed by atoms with Crippen molar-refractivity contribution in [2.75, 3.05) is 23.4 Å². The van der Waals surface area contributed by atoms with Gasteiger partial charge in [0, 0.05) is 13.1 Å². The molecule has 2 aromatic heterocycles. The highest BCUT2D eigenvalue weighted by Gasteiger charge is 2.17. The lowest BCUT2D eigenvalue weighted by atomic mass is 10.1. The van der Waals surface area contributed by atoms with Gasteiger partial charge in [-0.05, 0) is 19.3 Å². The summed E-state index contributed by atoms with van der Waals surface area (Å²) in [6.07, 6.45) is 5.32. The number of anilines is 2. The van der Waals surface area contributed by atoms with Crippen LogP contribution in [0.5, 0.6) is 0 Å². The number of nitrogens with one attached hydrogen (secondary N) is 2. The Bertz CT molecular complexity index is 514. The van der Waals surface area contributed by atoms with Gasteiger partial charge in [0.15, 0.2) is 11.5 Å². The number of nitrogens with zero attached hydrogens (tertiary/aromatic N) is 4. The topological polar surface area (TPSA) is 95.8 Å². The highest BCUT2D eigenvalue weighted by Crippen LogP contribution is 2.25. The van der Waals surface area contributed by atoms with E-state index in [0.29, 0.717) is 11.6 Å². The molecule has 4 N–H and O–H groups in total. The van der Waals surface area contributed by atoms with Gasteiger partial charge < -0.3 is 9.88 Å². The van der Waals surface area contributed by atoms with Crippen molar-refractivity contribution in [3.63, 3.8) is 0 Å². The number of rotatable bonds is 2. The summed E-state index contributed by atoms with van der Waals surface area (Å²) in [4.78, 5) is 18.1. The molecule has 1 saturated heterocycles. The van der Waals surface area contributed by atoms with Crippen LogP contribution in [0.4, 0.5) is 11.8 Å². The van der Waals surface area contributed by atoms with Crippen LogP contribution in [0.1, 0.15) is 19.3 Å². The lowest BCUT2D eigenvalue weighted by Gasteiger charge is -2.27. The SMILES string of the molecule is NNc1nc(N2CCCCC2)c2[nH]cnc2n1. The normalized spacial score (nSPS) is 16.4. The Labute approximate surface area is 98.4 Å². The predicted molar refractivity (Wildman–Crippen MR) is 65.6 cm³/mol. The number of hydrogen-bond donors (Lipinski definition) is 3. The molecule has 0 spiro atoms. The number of H-pyrrole nitrogens is 1. The lowest BCUT2D eigenvalue weighted by Crippen LogP contribution is -2.30. The first-order valence-corrected chi connectivity index (χ1v) is 5.81. The molecule has 1 aliphatic heterocycles. The summed E-state index contributed by atoms with van der Waals surface area (Å²) in [6, 6.07) is 0. The molecule has 0 unspecified atom stereocenters. The molecule has 0 aromatic carbocycles. The molecule has 1 aliphatic rings. The maximum Gasteiger partial charge on any atom is 0.241 e. The third-order valence-electron chi connectivity index (χ3n) is 3.05. The molecule has 1 fully saturated rings. The first-order chi connectivity index (χ1) is 8.38. The first kappa shape index (κ1) is 10.3. The average Bonchev–Trinajstić information content (AvgIpc) is 2.86. The second-order valence-corrected chi connectivity index (χ2v) is 4.16. The Morgan fingerprint density at radius 1 is 1.24 bits per heavy atom. The Kier molecular flexibility index (Phi) is 2.52. The number of fused-ring (bicyclic) bond motifs is 1. The second kappa shape index (κ2) is 4.17. The Morgan fingerprint density at radius 3 is 2.82 bits per heavy atom. The highest BCUT2D eigenvalue weighted by molar-refractivity contribution is 5.84. The number of hydrazine groups is 1. The van der Waals surface area contributed by atoms with Gasteiger partial charge in [0.2, 0.25) is 5.95 Å². The number of hydrogen-bond acceptors (Lipinski definition) is 6. The van der Waals surface area contributed by atoms with E-state index in [1.807, 2.05) is 0 Å². The van der Waals surface area contributed by atoms with Crippen LogP contribution in [0.3, 0.4) is 0 Å². The minimum Gasteiger partial charge on any atom is -0.355 e. The summed E-state index contributed by atoms with van der Waals surface area (Å²) in [5, 5.41) is 0. The smallest absolute Gasteiger partial charge is 0.241 e. The van der Waals surface area contributed by atoms with Crippen molar-refractivity contribution in [2.45, 2.75) is 19.3 Å². The molecule has 0 bridgehead atoms. The van der Waals surface area contributed by atoms with Crippen molar-refractivity contribution in [3.8, 4) is 0 Å². The molecule has 0 atom stereocenters. The van der Waals surface area contributed by atoms with Gasteiger partial charge in [0.1, 0.15) is 5.52 Å². The van der Waals surface area contributed by atoms with E-state index in [0.717, 1.165) is 24.4 Å². The van der Waals surface area contributed by atoms with E-state index in [4.69, 9.17) is 5.84 Å². The van der Waals surface area contributed by atoms with Crippen LogP contribution in [0.2, 0.25) is 0 Å². The summed E-state index contributed by atoms with van der Waals surface area (Å²) in [7, 11) is 0. The monoisotopic (exact) mass is 233 g/mol. The molecule has 2 aromatic rings. The molecule has 7 heteroatoms. The molecule has 3 rings (SSSR count). The van der Waals surface area contributed by atoms with Gasteiger partial charge in [0.05, 0.1) is 6.33 Å². The van der Waals surface area contributed by atoms with E-state index in [1.54, 1.807) is 6.33 Å². The van der Waals surface area contributed by atoms with E-state index in [-0.39, 0.29) is 0 Å². The Balaban J connectivity index is 2.08. The summed E-state index contributed by atoms with van der Waals surface area (Å²) >= 11 is 0. The van der Waals surface area contributed by atoms with Crippen molar-refractivity contribution in [1.82, 2.24) is 19.9 Å². The number of aromatic amines is 1. The van der Waals surface area contributed by atoms with Gasteiger partial charge in [0.25, 0.3) is 0 Å². The van der Waals surface area contributed by atoms with Crippen LogP contribution >= 0.6 is 0 Å². The lowest BCUT2D eigenvalue weighted by molar-refractivity contribution is 0.574. The second-order valence-electron chi connectivity index (χ2n) is 4.16. The van der Waals surface area contributed by atoms with Gasteiger partial charge in [-0.25, -0.2) is 10.8 Å². The maximum atomic E-state index is 5.38. The van der Waals surface area contributed by atoms with E-state index in [1.165, 1.54) is 19.3 Å². The third kappa shape index (κ3) is 1.78. The summed E-state index contributed by atoms with van der Waals surface area (Å²) in [5.74, 6) is 6.67. The van der Waals surface area contributed by atoms with Crippen molar-refractivity contribution < 1.29 is 0 Å². The van der Waals surface area contributed by atoms with Crippen molar-refractivity contribution in [2.24, 2.45) is 5.84 Å². The van der Waals surface area contributed by atoms with E-state index in [2.05, 4.69) is 30.3 Å². The summed E-state index contributed by atoms with van der Waals surface area (Å²) < 4.78 is 0. The zero-order valence-corrected chi connectivity index (χ0v) is 9.48. The standard InChI is InChI=1S/C10H15N7/c11-16-10-14-8-7(12-6-13-8)9(15-10)17-4-2-1-3-5-17/h6H,1-5,11H2,(H2,12,13,14,15,16). The molecule has 0 aliphatic carbocycles. The minimum atomic E-state index is 0.408. The molecule has 90 valence electrons. The van der Waals surface area contributed by atoms with Crippen LogP contribution in [0, 0.1) is 0 Å². The van der Waals surface area contributed by atoms with Gasteiger partial charge in [-0.3, -0.25) is 5.43 Å². The van der Waals surface area contributed by atoms with E-state index < -0.39 is 0 Å². The molecule has 3 heterocycles. The number of nitrogens with two attached hydrogens (primary N) is 1. The molecule has 7 nitrogen and oxygen atoms in total.